The Morgan fingerprint density at radius 1 is 1.33 bits per heavy atom. The maximum Gasteiger partial charge on any atom is 0.194 e. The van der Waals surface area contributed by atoms with Crippen LogP contribution in [-0.4, -0.2) is 36.6 Å². The molecule has 0 bridgehead atoms. The van der Waals surface area contributed by atoms with Crippen molar-refractivity contribution in [3.05, 3.63) is 52.8 Å². The zero-order valence-corrected chi connectivity index (χ0v) is 17.5. The topological polar surface area (TPSA) is 41.8 Å². The number of hydrogen-bond donors (Lipinski definition) is 1. The molecule has 1 aromatic carbocycles. The Kier molecular flexibility index (Phi) is 8.41. The number of nitrogens with zero attached hydrogens (tertiary/aromatic N) is 3. The molecule has 0 aliphatic carbocycles. The smallest absolute Gasteiger partial charge is 0.194 e. The zero-order chi connectivity index (χ0) is 16.8. The van der Waals surface area contributed by atoms with Gasteiger partial charge in [0.15, 0.2) is 5.96 Å². The lowest BCUT2D eigenvalue weighted by molar-refractivity contribution is 0.414. The van der Waals surface area contributed by atoms with Gasteiger partial charge < -0.3 is 19.5 Å². The molecule has 0 saturated carbocycles. The first kappa shape index (κ1) is 20.6. The van der Waals surface area contributed by atoms with Crippen molar-refractivity contribution >= 4 is 41.5 Å². The van der Waals surface area contributed by atoms with Crippen molar-refractivity contribution < 1.29 is 4.74 Å². The number of guanidine groups is 1. The Bertz CT molecular complexity index is 670. The average molecular weight is 463 g/mol. The Morgan fingerprint density at radius 3 is 2.50 bits per heavy atom. The van der Waals surface area contributed by atoms with E-state index < -0.39 is 0 Å². The number of aromatic nitrogens is 1. The summed E-state index contributed by atoms with van der Waals surface area (Å²) in [4.78, 5) is 6.40. The second-order valence-corrected chi connectivity index (χ2v) is 5.80. The van der Waals surface area contributed by atoms with Gasteiger partial charge in [0.05, 0.1) is 18.7 Å². The third-order valence-corrected chi connectivity index (χ3v) is 3.86. The highest BCUT2D eigenvalue weighted by Crippen LogP contribution is 2.14. The van der Waals surface area contributed by atoms with Crippen LogP contribution in [0.2, 0.25) is 5.02 Å². The fourth-order valence-electron chi connectivity index (χ4n) is 2.35. The highest BCUT2D eigenvalue weighted by molar-refractivity contribution is 14.0. The van der Waals surface area contributed by atoms with Gasteiger partial charge in [0.25, 0.3) is 0 Å². The van der Waals surface area contributed by atoms with Gasteiger partial charge in [-0.2, -0.15) is 0 Å². The Labute approximate surface area is 165 Å². The molecule has 0 saturated heterocycles. The van der Waals surface area contributed by atoms with Crippen molar-refractivity contribution in [1.29, 1.82) is 0 Å². The summed E-state index contributed by atoms with van der Waals surface area (Å²) in [5.74, 6) is 1.69. The SMILES string of the molecule is CN=C(NCc1ccc(OC)cc1)N(C)Cc1cc(Cl)cn1C.I. The van der Waals surface area contributed by atoms with E-state index in [1.165, 1.54) is 5.56 Å². The summed E-state index contributed by atoms with van der Waals surface area (Å²) < 4.78 is 7.19. The van der Waals surface area contributed by atoms with Crippen molar-refractivity contribution in [1.82, 2.24) is 14.8 Å². The van der Waals surface area contributed by atoms with Gasteiger partial charge in [0.2, 0.25) is 0 Å². The second kappa shape index (κ2) is 9.78. The Balaban J connectivity index is 0.00000288. The van der Waals surface area contributed by atoms with Crippen molar-refractivity contribution in [2.75, 3.05) is 21.2 Å². The molecular formula is C17H24ClIN4O. The van der Waals surface area contributed by atoms with Crippen molar-refractivity contribution in [2.45, 2.75) is 13.1 Å². The molecule has 5 nitrogen and oxygen atoms in total. The van der Waals surface area contributed by atoms with Gasteiger partial charge in [-0.25, -0.2) is 0 Å². The molecule has 0 fully saturated rings. The largest absolute Gasteiger partial charge is 0.497 e. The van der Waals surface area contributed by atoms with Crippen LogP contribution in [0.5, 0.6) is 5.75 Å². The summed E-state index contributed by atoms with van der Waals surface area (Å²) in [6, 6.07) is 9.95. The molecule has 132 valence electrons. The van der Waals surface area contributed by atoms with Gasteiger partial charge in [-0.1, -0.05) is 23.7 Å². The number of ether oxygens (including phenoxy) is 1. The number of aliphatic imine (C=N–C) groups is 1. The average Bonchev–Trinajstić information content (AvgIpc) is 2.86. The summed E-state index contributed by atoms with van der Waals surface area (Å²) in [6.07, 6.45) is 1.90. The molecule has 0 amide bonds. The first-order valence-electron chi connectivity index (χ1n) is 7.39. The molecule has 1 aromatic heterocycles. The van der Waals surface area contributed by atoms with Gasteiger partial charge in [0, 0.05) is 39.6 Å². The lowest BCUT2D eigenvalue weighted by Gasteiger charge is -2.22. The molecule has 2 aromatic rings. The third kappa shape index (κ3) is 5.59. The lowest BCUT2D eigenvalue weighted by Crippen LogP contribution is -2.38. The van der Waals surface area contributed by atoms with Gasteiger partial charge in [0.1, 0.15) is 5.75 Å². The van der Waals surface area contributed by atoms with Crippen LogP contribution in [0.1, 0.15) is 11.3 Å². The third-order valence-electron chi connectivity index (χ3n) is 3.66. The number of rotatable bonds is 5. The minimum Gasteiger partial charge on any atom is -0.497 e. The van der Waals surface area contributed by atoms with Gasteiger partial charge in [-0.15, -0.1) is 24.0 Å². The van der Waals surface area contributed by atoms with Crippen LogP contribution in [0, 0.1) is 0 Å². The predicted molar refractivity (Wildman–Crippen MR) is 110 cm³/mol. The van der Waals surface area contributed by atoms with Crippen LogP contribution in [0.25, 0.3) is 0 Å². The molecule has 1 N–H and O–H groups in total. The van der Waals surface area contributed by atoms with E-state index in [-0.39, 0.29) is 24.0 Å². The minimum atomic E-state index is 0. The maximum atomic E-state index is 6.03. The molecule has 0 unspecified atom stereocenters. The monoisotopic (exact) mass is 462 g/mol. The van der Waals surface area contributed by atoms with Crippen molar-refractivity contribution in [3.8, 4) is 5.75 Å². The van der Waals surface area contributed by atoms with Crippen LogP contribution < -0.4 is 10.1 Å². The van der Waals surface area contributed by atoms with E-state index in [4.69, 9.17) is 16.3 Å². The number of hydrogen-bond acceptors (Lipinski definition) is 2. The quantitative estimate of drug-likeness (QED) is 0.420. The molecule has 0 radical (unpaired) electrons. The van der Waals surface area contributed by atoms with Crippen LogP contribution >= 0.6 is 35.6 Å². The van der Waals surface area contributed by atoms with E-state index in [1.807, 2.05) is 55.2 Å². The molecule has 2 rings (SSSR count). The molecule has 7 heteroatoms. The lowest BCUT2D eigenvalue weighted by atomic mass is 10.2. The van der Waals surface area contributed by atoms with E-state index in [0.29, 0.717) is 6.54 Å². The fourth-order valence-corrected chi connectivity index (χ4v) is 2.62. The summed E-state index contributed by atoms with van der Waals surface area (Å²) >= 11 is 6.03. The maximum absolute atomic E-state index is 6.03. The Morgan fingerprint density at radius 2 is 2.00 bits per heavy atom. The summed E-state index contributed by atoms with van der Waals surface area (Å²) in [5, 5.41) is 4.11. The normalized spacial score (nSPS) is 11.0. The van der Waals surface area contributed by atoms with Gasteiger partial charge >= 0.3 is 0 Å². The minimum absolute atomic E-state index is 0. The van der Waals surface area contributed by atoms with Crippen molar-refractivity contribution in [3.63, 3.8) is 0 Å². The van der Waals surface area contributed by atoms with Crippen LogP contribution in [0.15, 0.2) is 41.5 Å². The van der Waals surface area contributed by atoms with E-state index in [2.05, 4.69) is 15.2 Å². The highest BCUT2D eigenvalue weighted by Gasteiger charge is 2.09. The molecule has 1 heterocycles. The van der Waals surface area contributed by atoms with Crippen LogP contribution in [-0.2, 0) is 20.1 Å². The summed E-state index contributed by atoms with van der Waals surface area (Å²) in [7, 11) is 7.44. The summed E-state index contributed by atoms with van der Waals surface area (Å²) in [5.41, 5.74) is 2.30. The van der Waals surface area contributed by atoms with Gasteiger partial charge in [-0.3, -0.25) is 4.99 Å². The number of halogens is 2. The fraction of sp³-hybridized carbons (Fsp3) is 0.353. The van der Waals surface area contributed by atoms with Crippen molar-refractivity contribution in [2.24, 2.45) is 12.0 Å². The summed E-state index contributed by atoms with van der Waals surface area (Å²) in [6.45, 7) is 1.43. The molecular weight excluding hydrogens is 439 g/mol. The molecule has 0 spiro atoms. The molecule has 24 heavy (non-hydrogen) atoms. The first-order chi connectivity index (χ1) is 11.0. The van der Waals surface area contributed by atoms with E-state index in [1.54, 1.807) is 14.2 Å². The number of methoxy groups -OCH3 is 1. The standard InChI is InChI=1S/C17H23ClN4O.HI/c1-19-17(20-10-13-5-7-16(23-4)8-6-13)22(3)12-15-9-14(18)11-21(15)2;/h5-9,11H,10,12H2,1-4H3,(H,19,20);1H. The van der Waals surface area contributed by atoms with E-state index in [0.717, 1.165) is 29.0 Å². The van der Waals surface area contributed by atoms with E-state index in [9.17, 15) is 0 Å². The second-order valence-electron chi connectivity index (χ2n) is 5.37. The Hall–Kier alpha value is -1.41. The van der Waals surface area contributed by atoms with E-state index >= 15 is 0 Å². The predicted octanol–water partition coefficient (Wildman–Crippen LogP) is 3.51. The molecule has 0 aliphatic rings. The highest BCUT2D eigenvalue weighted by atomic mass is 127. The zero-order valence-electron chi connectivity index (χ0n) is 14.4. The number of aryl methyl sites for hydroxylation is 1. The van der Waals surface area contributed by atoms with Crippen LogP contribution in [0.3, 0.4) is 0 Å². The first-order valence-corrected chi connectivity index (χ1v) is 7.76. The molecule has 0 aliphatic heterocycles. The van der Waals surface area contributed by atoms with Gasteiger partial charge in [-0.05, 0) is 23.8 Å². The number of benzene rings is 1. The van der Waals surface area contributed by atoms with Crippen LogP contribution in [0.4, 0.5) is 0 Å². The number of nitrogens with one attached hydrogen (secondary N) is 1. The molecule has 0 atom stereocenters.